The second-order valence-electron chi connectivity index (χ2n) is 3.77. The van der Waals surface area contributed by atoms with Gasteiger partial charge in [-0.25, -0.2) is 0 Å². The highest BCUT2D eigenvalue weighted by Gasteiger charge is 2.13. The second kappa shape index (κ2) is 4.88. The lowest BCUT2D eigenvalue weighted by Gasteiger charge is -2.20. The summed E-state index contributed by atoms with van der Waals surface area (Å²) in [6.45, 7) is 1.08. The molecule has 2 N–H and O–H groups in total. The van der Waals surface area contributed by atoms with Gasteiger partial charge in [-0.15, -0.1) is 0 Å². The van der Waals surface area contributed by atoms with Crippen molar-refractivity contribution in [2.45, 2.75) is 12.8 Å². The molecular weight excluding hydrogens is 204 g/mol. The summed E-state index contributed by atoms with van der Waals surface area (Å²) in [5.74, 6) is 0.703. The average molecular weight is 220 g/mol. The summed E-state index contributed by atoms with van der Waals surface area (Å²) >= 11 is 0. The summed E-state index contributed by atoms with van der Waals surface area (Å²) in [6, 6.07) is 5.90. The van der Waals surface area contributed by atoms with E-state index in [1.54, 1.807) is 7.05 Å². The van der Waals surface area contributed by atoms with Crippen LogP contribution in [-0.4, -0.2) is 26.1 Å². The Kier molecular flexibility index (Phi) is 3.29. The van der Waals surface area contributed by atoms with Gasteiger partial charge in [-0.3, -0.25) is 4.79 Å². The van der Waals surface area contributed by atoms with E-state index in [1.165, 1.54) is 5.56 Å². The first kappa shape index (κ1) is 10.8. The summed E-state index contributed by atoms with van der Waals surface area (Å²) in [4.78, 5) is 11.1. The van der Waals surface area contributed by atoms with E-state index in [0.717, 1.165) is 30.8 Å². The molecule has 1 heterocycles. The lowest BCUT2D eigenvalue weighted by molar-refractivity contribution is -0.122. The Morgan fingerprint density at radius 1 is 1.56 bits per heavy atom. The topological polar surface area (TPSA) is 50.4 Å². The predicted molar refractivity (Wildman–Crippen MR) is 62.8 cm³/mol. The SMILES string of the molecule is CNC(=O)COc1cccc2c1CCCN2. The van der Waals surface area contributed by atoms with Crippen molar-refractivity contribution in [3.8, 4) is 5.75 Å². The van der Waals surface area contributed by atoms with Crippen molar-refractivity contribution in [2.24, 2.45) is 0 Å². The van der Waals surface area contributed by atoms with Gasteiger partial charge in [0.05, 0.1) is 0 Å². The first-order valence-corrected chi connectivity index (χ1v) is 5.50. The standard InChI is InChI=1S/C12H16N2O2/c1-13-12(15)8-16-11-6-2-5-10-9(11)4-3-7-14-10/h2,5-6,14H,3-4,7-8H2,1H3,(H,13,15). The third-order valence-corrected chi connectivity index (χ3v) is 2.69. The molecule has 0 spiro atoms. The maximum atomic E-state index is 11.1. The Morgan fingerprint density at radius 3 is 3.25 bits per heavy atom. The molecule has 4 heteroatoms. The van der Waals surface area contributed by atoms with Gasteiger partial charge in [-0.05, 0) is 25.0 Å². The lowest BCUT2D eigenvalue weighted by atomic mass is 10.0. The molecule has 0 radical (unpaired) electrons. The van der Waals surface area contributed by atoms with E-state index in [1.807, 2.05) is 18.2 Å². The van der Waals surface area contributed by atoms with Crippen molar-refractivity contribution >= 4 is 11.6 Å². The molecule has 1 amide bonds. The van der Waals surface area contributed by atoms with Crippen molar-refractivity contribution in [2.75, 3.05) is 25.5 Å². The number of rotatable bonds is 3. The third-order valence-electron chi connectivity index (χ3n) is 2.69. The molecule has 0 atom stereocenters. The van der Waals surface area contributed by atoms with Gasteiger partial charge in [-0.1, -0.05) is 6.07 Å². The van der Waals surface area contributed by atoms with E-state index in [2.05, 4.69) is 10.6 Å². The van der Waals surface area contributed by atoms with Crippen molar-refractivity contribution in [3.05, 3.63) is 23.8 Å². The van der Waals surface area contributed by atoms with E-state index in [0.29, 0.717) is 0 Å². The molecule has 0 aromatic heterocycles. The number of anilines is 1. The Balaban J connectivity index is 2.11. The molecule has 0 unspecified atom stereocenters. The number of hydrogen-bond acceptors (Lipinski definition) is 3. The van der Waals surface area contributed by atoms with Gasteiger partial charge in [0, 0.05) is 24.8 Å². The Labute approximate surface area is 95.0 Å². The van der Waals surface area contributed by atoms with Crippen molar-refractivity contribution in [1.29, 1.82) is 0 Å². The van der Waals surface area contributed by atoms with Crippen molar-refractivity contribution < 1.29 is 9.53 Å². The molecule has 0 aliphatic carbocycles. The molecule has 1 aromatic rings. The van der Waals surface area contributed by atoms with E-state index >= 15 is 0 Å². The fourth-order valence-electron chi connectivity index (χ4n) is 1.83. The second-order valence-corrected chi connectivity index (χ2v) is 3.77. The maximum Gasteiger partial charge on any atom is 0.257 e. The number of fused-ring (bicyclic) bond motifs is 1. The van der Waals surface area contributed by atoms with Crippen LogP contribution in [0.15, 0.2) is 18.2 Å². The number of likely N-dealkylation sites (N-methyl/N-ethyl adjacent to an activating group) is 1. The average Bonchev–Trinajstić information content (AvgIpc) is 2.35. The minimum absolute atomic E-state index is 0.0763. The number of carbonyl (C=O) groups excluding carboxylic acids is 1. The van der Waals surface area contributed by atoms with Crippen LogP contribution in [-0.2, 0) is 11.2 Å². The summed E-state index contributed by atoms with van der Waals surface area (Å²) in [5.41, 5.74) is 2.30. The first-order valence-electron chi connectivity index (χ1n) is 5.50. The van der Waals surface area contributed by atoms with Crippen molar-refractivity contribution in [3.63, 3.8) is 0 Å². The number of ether oxygens (including phenoxy) is 1. The highest BCUT2D eigenvalue weighted by atomic mass is 16.5. The zero-order valence-electron chi connectivity index (χ0n) is 9.38. The number of benzene rings is 1. The quantitative estimate of drug-likeness (QED) is 0.804. The van der Waals surface area contributed by atoms with E-state index in [9.17, 15) is 4.79 Å². The minimum Gasteiger partial charge on any atom is -0.483 e. The fraction of sp³-hybridized carbons (Fsp3) is 0.417. The van der Waals surface area contributed by atoms with Gasteiger partial charge >= 0.3 is 0 Å². The molecule has 16 heavy (non-hydrogen) atoms. The van der Waals surface area contributed by atoms with E-state index in [4.69, 9.17) is 4.74 Å². The fourth-order valence-corrected chi connectivity index (χ4v) is 1.83. The van der Waals surface area contributed by atoms with Crippen LogP contribution in [0, 0.1) is 0 Å². The monoisotopic (exact) mass is 220 g/mol. The summed E-state index contributed by atoms with van der Waals surface area (Å²) in [6.07, 6.45) is 2.11. The van der Waals surface area contributed by atoms with Gasteiger partial charge in [-0.2, -0.15) is 0 Å². The highest BCUT2D eigenvalue weighted by Crippen LogP contribution is 2.30. The normalized spacial score (nSPS) is 13.6. The highest BCUT2D eigenvalue weighted by molar-refractivity contribution is 5.77. The summed E-state index contributed by atoms with van der Waals surface area (Å²) in [5, 5.41) is 5.86. The first-order chi connectivity index (χ1) is 7.81. The van der Waals surface area contributed by atoms with Crippen LogP contribution >= 0.6 is 0 Å². The minimum atomic E-state index is -0.110. The molecule has 1 aliphatic heterocycles. The van der Waals surface area contributed by atoms with Crippen LogP contribution in [0.25, 0.3) is 0 Å². The zero-order chi connectivity index (χ0) is 11.4. The van der Waals surface area contributed by atoms with Crippen LogP contribution in [0.2, 0.25) is 0 Å². The smallest absolute Gasteiger partial charge is 0.257 e. The molecule has 1 aliphatic rings. The van der Waals surface area contributed by atoms with Crippen molar-refractivity contribution in [1.82, 2.24) is 5.32 Å². The van der Waals surface area contributed by atoms with Crippen LogP contribution in [0.1, 0.15) is 12.0 Å². The van der Waals surface area contributed by atoms with Crippen LogP contribution in [0.5, 0.6) is 5.75 Å². The van der Waals surface area contributed by atoms with Gasteiger partial charge in [0.1, 0.15) is 5.75 Å². The molecule has 2 rings (SSSR count). The molecule has 86 valence electrons. The molecule has 4 nitrogen and oxygen atoms in total. The van der Waals surface area contributed by atoms with Crippen LogP contribution < -0.4 is 15.4 Å². The van der Waals surface area contributed by atoms with Gasteiger partial charge in [0.25, 0.3) is 5.91 Å². The lowest BCUT2D eigenvalue weighted by Crippen LogP contribution is -2.25. The molecule has 0 saturated heterocycles. The Morgan fingerprint density at radius 2 is 2.44 bits per heavy atom. The van der Waals surface area contributed by atoms with E-state index in [-0.39, 0.29) is 12.5 Å². The largest absolute Gasteiger partial charge is 0.483 e. The molecule has 0 bridgehead atoms. The number of hydrogen-bond donors (Lipinski definition) is 2. The molecule has 0 fully saturated rings. The van der Waals surface area contributed by atoms with Gasteiger partial charge in [0.15, 0.2) is 6.61 Å². The van der Waals surface area contributed by atoms with Gasteiger partial charge < -0.3 is 15.4 Å². The molecular formula is C12H16N2O2. The zero-order valence-corrected chi connectivity index (χ0v) is 9.38. The van der Waals surface area contributed by atoms with Crippen LogP contribution in [0.4, 0.5) is 5.69 Å². The Bertz CT molecular complexity index is 391. The predicted octanol–water partition coefficient (Wildman–Crippen LogP) is 1.17. The maximum absolute atomic E-state index is 11.1. The Hall–Kier alpha value is -1.71. The number of carbonyl (C=O) groups is 1. The third kappa shape index (κ3) is 2.27. The number of amides is 1. The molecule has 0 saturated carbocycles. The molecule has 1 aromatic carbocycles. The number of nitrogens with one attached hydrogen (secondary N) is 2. The van der Waals surface area contributed by atoms with E-state index < -0.39 is 0 Å². The summed E-state index contributed by atoms with van der Waals surface area (Å²) in [7, 11) is 1.60. The van der Waals surface area contributed by atoms with Crippen LogP contribution in [0.3, 0.4) is 0 Å². The van der Waals surface area contributed by atoms with Gasteiger partial charge in [0.2, 0.25) is 0 Å². The summed E-state index contributed by atoms with van der Waals surface area (Å²) < 4.78 is 5.51.